The Morgan fingerprint density at radius 2 is 2.40 bits per heavy atom. The predicted octanol–water partition coefficient (Wildman–Crippen LogP) is 3.80. The lowest BCUT2D eigenvalue weighted by Crippen LogP contribution is -2.33. The molecule has 1 aromatic carbocycles. The smallest absolute Gasteiger partial charge is 0.195 e. The fourth-order valence-electron chi connectivity index (χ4n) is 2.87. The van der Waals surface area contributed by atoms with Crippen molar-refractivity contribution in [1.82, 2.24) is 10.3 Å². The summed E-state index contributed by atoms with van der Waals surface area (Å²) in [5.74, 6) is 1.35. The fraction of sp³-hybridized carbons (Fsp3) is 0.533. The lowest BCUT2D eigenvalue weighted by Gasteiger charge is -2.27. The van der Waals surface area contributed by atoms with Crippen LogP contribution in [0.1, 0.15) is 25.7 Å². The predicted molar refractivity (Wildman–Crippen MR) is 77.4 cm³/mol. The number of rotatable bonds is 3. The van der Waals surface area contributed by atoms with Crippen LogP contribution in [0, 0.1) is 17.7 Å². The number of nitrogens with one attached hydrogen (secondary N) is 1. The monoisotopic (exact) mass is 296 g/mol. The summed E-state index contributed by atoms with van der Waals surface area (Å²) in [6.07, 6.45) is 3.25. The van der Waals surface area contributed by atoms with E-state index in [0.717, 1.165) is 19.5 Å². The first kappa shape index (κ1) is 13.8. The lowest BCUT2D eigenvalue weighted by atomic mass is 9.85. The number of fused-ring (bicyclic) bond motifs is 1. The van der Waals surface area contributed by atoms with Crippen molar-refractivity contribution in [3.8, 4) is 0 Å². The van der Waals surface area contributed by atoms with Crippen LogP contribution >= 0.6 is 11.6 Å². The molecule has 0 spiro atoms. The highest BCUT2D eigenvalue weighted by Crippen LogP contribution is 2.27. The van der Waals surface area contributed by atoms with E-state index >= 15 is 0 Å². The van der Waals surface area contributed by atoms with Crippen molar-refractivity contribution in [2.45, 2.75) is 26.2 Å². The maximum atomic E-state index is 13.4. The third-order valence-corrected chi connectivity index (χ3v) is 4.40. The Balaban J connectivity index is 1.76. The first-order valence-corrected chi connectivity index (χ1v) is 7.46. The quantitative estimate of drug-likeness (QED) is 0.936. The van der Waals surface area contributed by atoms with Crippen molar-refractivity contribution in [3.05, 3.63) is 28.9 Å². The first-order chi connectivity index (χ1) is 9.63. The van der Waals surface area contributed by atoms with Gasteiger partial charge in [0.15, 0.2) is 11.5 Å². The molecule has 0 radical (unpaired) electrons. The number of benzene rings is 1. The largest absolute Gasteiger partial charge is 0.441 e. The Morgan fingerprint density at radius 3 is 3.15 bits per heavy atom. The average molecular weight is 297 g/mol. The highest BCUT2D eigenvalue weighted by atomic mass is 35.5. The van der Waals surface area contributed by atoms with Crippen LogP contribution in [0.4, 0.5) is 4.39 Å². The van der Waals surface area contributed by atoms with E-state index in [0.29, 0.717) is 28.8 Å². The Hall–Kier alpha value is -1.13. The van der Waals surface area contributed by atoms with E-state index in [1.807, 2.05) is 0 Å². The van der Waals surface area contributed by atoms with Crippen LogP contribution in [-0.2, 0) is 6.42 Å². The van der Waals surface area contributed by atoms with Crippen LogP contribution in [0.3, 0.4) is 0 Å². The van der Waals surface area contributed by atoms with E-state index in [9.17, 15) is 4.39 Å². The van der Waals surface area contributed by atoms with Gasteiger partial charge < -0.3 is 9.73 Å². The average Bonchev–Trinajstić information content (AvgIpc) is 2.81. The molecule has 0 bridgehead atoms. The summed E-state index contributed by atoms with van der Waals surface area (Å²) in [6, 6.07) is 2.83. The summed E-state index contributed by atoms with van der Waals surface area (Å²) >= 11 is 5.76. The molecule has 2 aromatic rings. The number of nitrogens with zero attached hydrogens (tertiary/aromatic N) is 1. The van der Waals surface area contributed by atoms with Crippen molar-refractivity contribution in [3.63, 3.8) is 0 Å². The molecule has 0 saturated carbocycles. The summed E-state index contributed by atoms with van der Waals surface area (Å²) in [4.78, 5) is 4.41. The summed E-state index contributed by atoms with van der Waals surface area (Å²) in [6.45, 7) is 4.39. The highest BCUT2D eigenvalue weighted by molar-refractivity contribution is 6.31. The molecule has 20 heavy (non-hydrogen) atoms. The van der Waals surface area contributed by atoms with Gasteiger partial charge in [0.25, 0.3) is 0 Å². The van der Waals surface area contributed by atoms with Gasteiger partial charge in [0.1, 0.15) is 11.3 Å². The standard InChI is InChI=1S/C15H18ClFN2O/c1-9(10-3-2-4-18-8-10)5-15-19-13-6-11(16)12(17)7-14(13)20-15/h6-7,9-10,18H,2-5,8H2,1H3. The van der Waals surface area contributed by atoms with Gasteiger partial charge in [0.05, 0.1) is 5.02 Å². The number of piperidine rings is 1. The highest BCUT2D eigenvalue weighted by Gasteiger charge is 2.22. The zero-order valence-corrected chi connectivity index (χ0v) is 12.2. The second-order valence-corrected chi connectivity index (χ2v) is 6.04. The van der Waals surface area contributed by atoms with Crippen LogP contribution in [-0.4, -0.2) is 18.1 Å². The molecule has 0 amide bonds. The van der Waals surface area contributed by atoms with E-state index in [4.69, 9.17) is 16.0 Å². The molecule has 108 valence electrons. The molecule has 1 aliphatic rings. The zero-order chi connectivity index (χ0) is 14.1. The number of hydrogen-bond acceptors (Lipinski definition) is 3. The maximum Gasteiger partial charge on any atom is 0.195 e. The van der Waals surface area contributed by atoms with Crippen LogP contribution in [0.2, 0.25) is 5.02 Å². The number of oxazole rings is 1. The van der Waals surface area contributed by atoms with Crippen molar-refractivity contribution < 1.29 is 8.81 Å². The first-order valence-electron chi connectivity index (χ1n) is 7.08. The molecule has 1 N–H and O–H groups in total. The molecule has 3 rings (SSSR count). The molecular weight excluding hydrogens is 279 g/mol. The Kier molecular flexibility index (Phi) is 3.94. The Morgan fingerprint density at radius 1 is 1.55 bits per heavy atom. The third-order valence-electron chi connectivity index (χ3n) is 4.11. The van der Waals surface area contributed by atoms with E-state index < -0.39 is 5.82 Å². The van der Waals surface area contributed by atoms with Crippen LogP contribution < -0.4 is 5.32 Å². The molecule has 2 unspecified atom stereocenters. The molecule has 1 aromatic heterocycles. The maximum absolute atomic E-state index is 13.4. The molecule has 1 saturated heterocycles. The molecule has 0 aliphatic carbocycles. The van der Waals surface area contributed by atoms with Gasteiger partial charge in [-0.15, -0.1) is 0 Å². The topological polar surface area (TPSA) is 38.1 Å². The van der Waals surface area contributed by atoms with Crippen molar-refractivity contribution in [1.29, 1.82) is 0 Å². The van der Waals surface area contributed by atoms with Crippen molar-refractivity contribution >= 4 is 22.7 Å². The van der Waals surface area contributed by atoms with Crippen molar-refractivity contribution in [2.75, 3.05) is 13.1 Å². The zero-order valence-electron chi connectivity index (χ0n) is 11.5. The van der Waals surface area contributed by atoms with Gasteiger partial charge in [-0.05, 0) is 43.8 Å². The SMILES string of the molecule is CC(Cc1nc2cc(Cl)c(F)cc2o1)C1CCCNC1. The van der Waals surface area contributed by atoms with Gasteiger partial charge >= 0.3 is 0 Å². The van der Waals surface area contributed by atoms with Crippen LogP contribution in [0.5, 0.6) is 0 Å². The molecule has 1 fully saturated rings. The van der Waals surface area contributed by atoms with Gasteiger partial charge in [-0.3, -0.25) is 0 Å². The number of halogens is 2. The summed E-state index contributed by atoms with van der Waals surface area (Å²) in [5, 5.41) is 3.51. The molecule has 3 nitrogen and oxygen atoms in total. The van der Waals surface area contributed by atoms with Gasteiger partial charge in [-0.1, -0.05) is 18.5 Å². The van der Waals surface area contributed by atoms with E-state index in [2.05, 4.69) is 17.2 Å². The second-order valence-electron chi connectivity index (χ2n) is 5.63. The molecule has 1 aliphatic heterocycles. The van der Waals surface area contributed by atoms with Gasteiger partial charge in [-0.2, -0.15) is 0 Å². The van der Waals surface area contributed by atoms with Crippen LogP contribution in [0.15, 0.2) is 16.5 Å². The fourth-order valence-corrected chi connectivity index (χ4v) is 3.02. The summed E-state index contributed by atoms with van der Waals surface area (Å²) in [7, 11) is 0. The van der Waals surface area contributed by atoms with E-state index in [1.165, 1.54) is 25.0 Å². The number of hydrogen-bond donors (Lipinski definition) is 1. The minimum absolute atomic E-state index is 0.0851. The minimum atomic E-state index is -0.466. The molecule has 5 heteroatoms. The van der Waals surface area contributed by atoms with Gasteiger partial charge in [-0.25, -0.2) is 9.37 Å². The number of aromatic nitrogens is 1. The van der Waals surface area contributed by atoms with E-state index in [1.54, 1.807) is 0 Å². The molecular formula is C15H18ClFN2O. The Labute approximate surface area is 122 Å². The van der Waals surface area contributed by atoms with Crippen LogP contribution in [0.25, 0.3) is 11.1 Å². The van der Waals surface area contributed by atoms with Crippen molar-refractivity contribution in [2.24, 2.45) is 11.8 Å². The lowest BCUT2D eigenvalue weighted by molar-refractivity contribution is 0.267. The minimum Gasteiger partial charge on any atom is -0.441 e. The molecule has 2 atom stereocenters. The van der Waals surface area contributed by atoms with Gasteiger partial charge in [0, 0.05) is 12.5 Å². The molecule has 2 heterocycles. The third kappa shape index (κ3) is 2.81. The van der Waals surface area contributed by atoms with E-state index in [-0.39, 0.29) is 5.02 Å². The summed E-state index contributed by atoms with van der Waals surface area (Å²) in [5.41, 5.74) is 1.09. The Bertz CT molecular complexity index is 568. The summed E-state index contributed by atoms with van der Waals surface area (Å²) < 4.78 is 19.0. The normalized spacial score (nSPS) is 21.2. The van der Waals surface area contributed by atoms with Gasteiger partial charge in [0.2, 0.25) is 0 Å². The second kappa shape index (κ2) is 5.70.